The molecular formula is C14H20BrFN4O. The number of halogens is 2. The van der Waals surface area contributed by atoms with E-state index in [1.807, 2.05) is 4.90 Å². The molecule has 0 radical (unpaired) electrons. The molecule has 2 amide bonds. The van der Waals surface area contributed by atoms with Crippen LogP contribution in [0.1, 0.15) is 12.8 Å². The first-order chi connectivity index (χ1) is 9.90. The molecule has 0 bridgehead atoms. The Morgan fingerprint density at radius 1 is 1.48 bits per heavy atom. The van der Waals surface area contributed by atoms with E-state index in [0.29, 0.717) is 16.8 Å². The maximum absolute atomic E-state index is 14.0. The molecule has 0 spiro atoms. The first-order valence-corrected chi connectivity index (χ1v) is 7.69. The number of hydrogen-bond donors (Lipinski definition) is 0. The molecule has 1 atom stereocenters. The number of anilines is 1. The second-order valence-electron chi connectivity index (χ2n) is 5.49. The summed E-state index contributed by atoms with van der Waals surface area (Å²) < 4.78 is 14.6. The fourth-order valence-corrected chi connectivity index (χ4v) is 2.88. The van der Waals surface area contributed by atoms with Gasteiger partial charge < -0.3 is 14.7 Å². The van der Waals surface area contributed by atoms with Gasteiger partial charge in [0.05, 0.1) is 6.04 Å². The molecule has 2 rings (SSSR count). The highest BCUT2D eigenvalue weighted by molar-refractivity contribution is 9.10. The van der Waals surface area contributed by atoms with Crippen molar-refractivity contribution in [2.45, 2.75) is 18.9 Å². The smallest absolute Gasteiger partial charge is 0.319 e. The summed E-state index contributed by atoms with van der Waals surface area (Å²) in [5.74, 6) is 0.0141. The highest BCUT2D eigenvalue weighted by Crippen LogP contribution is 2.24. The number of urea groups is 1. The highest BCUT2D eigenvalue weighted by atomic mass is 79.9. The van der Waals surface area contributed by atoms with Gasteiger partial charge in [-0.2, -0.15) is 0 Å². The van der Waals surface area contributed by atoms with Crippen LogP contribution in [0.5, 0.6) is 0 Å². The van der Waals surface area contributed by atoms with E-state index < -0.39 is 0 Å². The molecule has 0 N–H and O–H groups in total. The van der Waals surface area contributed by atoms with Crippen LogP contribution in [0, 0.1) is 5.82 Å². The van der Waals surface area contributed by atoms with Crippen LogP contribution >= 0.6 is 15.9 Å². The SMILES string of the molecule is CN(C)C(=O)N(C)C1CCCN(c2ncc(Br)cc2F)C1. The van der Waals surface area contributed by atoms with E-state index in [0.717, 1.165) is 19.4 Å². The van der Waals surface area contributed by atoms with Crippen LogP contribution in [0.3, 0.4) is 0 Å². The Labute approximate surface area is 132 Å². The molecule has 7 heteroatoms. The molecule has 1 aromatic rings. The number of pyridine rings is 1. The van der Waals surface area contributed by atoms with Gasteiger partial charge in [-0.25, -0.2) is 14.2 Å². The van der Waals surface area contributed by atoms with Crippen molar-refractivity contribution in [2.75, 3.05) is 39.1 Å². The Hall–Kier alpha value is -1.37. The fourth-order valence-electron chi connectivity index (χ4n) is 2.57. The second-order valence-corrected chi connectivity index (χ2v) is 6.40. The molecule has 1 aromatic heterocycles. The van der Waals surface area contributed by atoms with Crippen molar-refractivity contribution in [3.8, 4) is 0 Å². The lowest BCUT2D eigenvalue weighted by atomic mass is 10.0. The second kappa shape index (κ2) is 6.60. The summed E-state index contributed by atoms with van der Waals surface area (Å²) in [6.07, 6.45) is 3.42. The first-order valence-electron chi connectivity index (χ1n) is 6.90. The van der Waals surface area contributed by atoms with E-state index in [1.54, 1.807) is 37.1 Å². The van der Waals surface area contributed by atoms with Crippen LogP contribution in [0.25, 0.3) is 0 Å². The molecule has 1 aliphatic heterocycles. The summed E-state index contributed by atoms with van der Waals surface area (Å²) in [7, 11) is 5.26. The lowest BCUT2D eigenvalue weighted by molar-refractivity contribution is 0.157. The Kier molecular flexibility index (Phi) is 5.03. The van der Waals surface area contributed by atoms with Crippen LogP contribution in [0.15, 0.2) is 16.7 Å². The molecule has 0 saturated carbocycles. The number of amides is 2. The van der Waals surface area contributed by atoms with Crippen molar-refractivity contribution in [1.29, 1.82) is 0 Å². The number of carbonyl (C=O) groups excluding carboxylic acids is 1. The van der Waals surface area contributed by atoms with E-state index in [4.69, 9.17) is 0 Å². The summed E-state index contributed by atoms with van der Waals surface area (Å²) >= 11 is 3.21. The highest BCUT2D eigenvalue weighted by Gasteiger charge is 2.28. The lowest BCUT2D eigenvalue weighted by Gasteiger charge is -2.39. The van der Waals surface area contributed by atoms with E-state index in [9.17, 15) is 9.18 Å². The van der Waals surface area contributed by atoms with Gasteiger partial charge in [-0.05, 0) is 34.8 Å². The molecule has 21 heavy (non-hydrogen) atoms. The number of carbonyl (C=O) groups is 1. The zero-order chi connectivity index (χ0) is 15.6. The number of likely N-dealkylation sites (N-methyl/N-ethyl adjacent to an activating group) is 1. The topological polar surface area (TPSA) is 39.7 Å². The third-order valence-corrected chi connectivity index (χ3v) is 4.15. The number of hydrogen-bond acceptors (Lipinski definition) is 3. The maximum Gasteiger partial charge on any atom is 0.319 e. The maximum atomic E-state index is 14.0. The molecule has 2 heterocycles. The fraction of sp³-hybridized carbons (Fsp3) is 0.571. The third kappa shape index (κ3) is 3.64. The van der Waals surface area contributed by atoms with Crippen molar-refractivity contribution in [2.24, 2.45) is 0 Å². The molecule has 0 aliphatic carbocycles. The zero-order valence-corrected chi connectivity index (χ0v) is 14.1. The van der Waals surface area contributed by atoms with E-state index in [-0.39, 0.29) is 17.9 Å². The molecular weight excluding hydrogens is 339 g/mol. The Balaban J connectivity index is 2.12. The number of nitrogens with zero attached hydrogens (tertiary/aromatic N) is 4. The van der Waals surface area contributed by atoms with Crippen LogP contribution in [-0.4, -0.2) is 61.1 Å². The van der Waals surface area contributed by atoms with E-state index >= 15 is 0 Å². The van der Waals surface area contributed by atoms with Gasteiger partial charge in [0.25, 0.3) is 0 Å². The minimum atomic E-state index is -0.341. The minimum Gasteiger partial charge on any atom is -0.352 e. The predicted octanol–water partition coefficient (Wildman–Crippen LogP) is 2.57. The average Bonchev–Trinajstić information content (AvgIpc) is 2.45. The van der Waals surface area contributed by atoms with Crippen molar-refractivity contribution in [1.82, 2.24) is 14.8 Å². The van der Waals surface area contributed by atoms with Gasteiger partial charge in [0.2, 0.25) is 0 Å². The number of rotatable bonds is 2. The van der Waals surface area contributed by atoms with Crippen LogP contribution < -0.4 is 4.90 Å². The normalized spacial score (nSPS) is 18.5. The van der Waals surface area contributed by atoms with Crippen LogP contribution in [0.4, 0.5) is 15.0 Å². The largest absolute Gasteiger partial charge is 0.352 e. The minimum absolute atomic E-state index is 0.0360. The number of piperidine rings is 1. The molecule has 116 valence electrons. The summed E-state index contributed by atoms with van der Waals surface area (Å²) in [5, 5.41) is 0. The van der Waals surface area contributed by atoms with Gasteiger partial charge in [-0.1, -0.05) is 0 Å². The molecule has 1 aliphatic rings. The van der Waals surface area contributed by atoms with Crippen LogP contribution in [-0.2, 0) is 0 Å². The van der Waals surface area contributed by atoms with E-state index in [1.165, 1.54) is 6.07 Å². The zero-order valence-electron chi connectivity index (χ0n) is 12.5. The molecule has 1 fully saturated rings. The van der Waals surface area contributed by atoms with Gasteiger partial charge in [-0.15, -0.1) is 0 Å². The van der Waals surface area contributed by atoms with Gasteiger partial charge in [0.1, 0.15) is 0 Å². The number of aromatic nitrogens is 1. The first kappa shape index (κ1) is 16.0. The molecule has 0 aromatic carbocycles. The molecule has 5 nitrogen and oxygen atoms in total. The van der Waals surface area contributed by atoms with Gasteiger partial charge in [0, 0.05) is 44.9 Å². The van der Waals surface area contributed by atoms with Gasteiger partial charge in [-0.3, -0.25) is 0 Å². The molecule has 1 saturated heterocycles. The van der Waals surface area contributed by atoms with Crippen LogP contribution in [0.2, 0.25) is 0 Å². The summed E-state index contributed by atoms with van der Waals surface area (Å²) in [5.41, 5.74) is 0. The van der Waals surface area contributed by atoms with Gasteiger partial charge in [0.15, 0.2) is 11.6 Å². The summed E-state index contributed by atoms with van der Waals surface area (Å²) in [6.45, 7) is 1.35. The van der Waals surface area contributed by atoms with Crippen molar-refractivity contribution >= 4 is 27.8 Å². The summed E-state index contributed by atoms with van der Waals surface area (Å²) in [4.78, 5) is 21.4. The Morgan fingerprint density at radius 3 is 2.81 bits per heavy atom. The van der Waals surface area contributed by atoms with Crippen molar-refractivity contribution in [3.05, 3.63) is 22.6 Å². The van der Waals surface area contributed by atoms with Crippen molar-refractivity contribution in [3.63, 3.8) is 0 Å². The standard InChI is InChI=1S/C14H20BrFN4O/c1-18(2)14(21)19(3)11-5-4-6-20(9-11)13-12(16)7-10(15)8-17-13/h7-8,11H,4-6,9H2,1-3H3. The lowest BCUT2D eigenvalue weighted by Crippen LogP contribution is -2.51. The monoisotopic (exact) mass is 358 g/mol. The molecule has 1 unspecified atom stereocenters. The average molecular weight is 359 g/mol. The Morgan fingerprint density at radius 2 is 2.19 bits per heavy atom. The predicted molar refractivity (Wildman–Crippen MR) is 84.0 cm³/mol. The quantitative estimate of drug-likeness (QED) is 0.815. The third-order valence-electron chi connectivity index (χ3n) is 3.72. The Bertz CT molecular complexity index is 526. The van der Waals surface area contributed by atoms with Crippen molar-refractivity contribution < 1.29 is 9.18 Å². The van der Waals surface area contributed by atoms with E-state index in [2.05, 4.69) is 20.9 Å². The summed E-state index contributed by atoms with van der Waals surface area (Å²) in [6, 6.07) is 1.45. The van der Waals surface area contributed by atoms with Gasteiger partial charge >= 0.3 is 6.03 Å².